The van der Waals surface area contributed by atoms with Crippen LogP contribution in [0.25, 0.3) is 0 Å². The molecule has 1 saturated carbocycles. The van der Waals surface area contributed by atoms with Crippen molar-refractivity contribution in [3.8, 4) is 0 Å². The van der Waals surface area contributed by atoms with Crippen LogP contribution < -0.4 is 0 Å². The molecule has 1 aromatic carbocycles. The van der Waals surface area contributed by atoms with Gasteiger partial charge in [0.2, 0.25) is 0 Å². The van der Waals surface area contributed by atoms with Gasteiger partial charge in [-0.15, -0.1) is 0 Å². The topological polar surface area (TPSA) is 51.2 Å². The number of allylic oxidation sites excluding steroid dienone is 4. The molecule has 0 radical (unpaired) electrons. The van der Waals surface area contributed by atoms with Crippen molar-refractivity contribution in [3.63, 3.8) is 0 Å². The van der Waals surface area contributed by atoms with Crippen LogP contribution in [-0.4, -0.2) is 14.2 Å². The third-order valence-electron chi connectivity index (χ3n) is 4.84. The average molecular weight is 359 g/mol. The van der Waals surface area contributed by atoms with Gasteiger partial charge in [0.25, 0.3) is 0 Å². The Morgan fingerprint density at radius 2 is 1.88 bits per heavy atom. The zero-order chi connectivity index (χ0) is 18.3. The van der Waals surface area contributed by atoms with E-state index in [0.717, 1.165) is 24.7 Å². The summed E-state index contributed by atoms with van der Waals surface area (Å²) in [7, 11) is -3.56. The van der Waals surface area contributed by atoms with E-state index in [2.05, 4.69) is 13.5 Å². The van der Waals surface area contributed by atoms with Gasteiger partial charge >= 0.3 is 0 Å². The Morgan fingerprint density at radius 3 is 2.56 bits per heavy atom. The lowest BCUT2D eigenvalue weighted by atomic mass is 9.73. The van der Waals surface area contributed by atoms with Gasteiger partial charge in [-0.1, -0.05) is 55.3 Å². The van der Waals surface area contributed by atoms with Crippen LogP contribution in [0.4, 0.5) is 0 Å². The number of hydrogen-bond donors (Lipinski definition) is 0. The van der Waals surface area contributed by atoms with Crippen molar-refractivity contribution in [3.05, 3.63) is 66.1 Å². The van der Waals surface area contributed by atoms with Gasteiger partial charge in [-0.25, -0.2) is 8.42 Å². The number of ketones is 1. The van der Waals surface area contributed by atoms with Gasteiger partial charge in [0, 0.05) is 11.8 Å². The second-order valence-corrected chi connectivity index (χ2v) is 8.46. The van der Waals surface area contributed by atoms with Crippen LogP contribution in [0.15, 0.2) is 71.0 Å². The summed E-state index contributed by atoms with van der Waals surface area (Å²) in [5, 5.41) is 1.04. The molecular weight excluding hydrogens is 332 g/mol. The van der Waals surface area contributed by atoms with Crippen LogP contribution >= 0.6 is 0 Å². The molecule has 134 valence electrons. The molecule has 2 rings (SSSR count). The first-order valence-electron chi connectivity index (χ1n) is 8.74. The van der Waals surface area contributed by atoms with Gasteiger partial charge in [-0.2, -0.15) is 0 Å². The van der Waals surface area contributed by atoms with E-state index < -0.39 is 9.84 Å². The highest BCUT2D eigenvalue weighted by atomic mass is 32.2. The molecule has 4 heteroatoms. The summed E-state index contributed by atoms with van der Waals surface area (Å²) in [6.45, 7) is 5.83. The molecule has 3 nitrogen and oxygen atoms in total. The first kappa shape index (κ1) is 19.4. The predicted octanol–water partition coefficient (Wildman–Crippen LogP) is 4.87. The van der Waals surface area contributed by atoms with Crippen molar-refractivity contribution in [1.29, 1.82) is 0 Å². The summed E-state index contributed by atoms with van der Waals surface area (Å²) in [6.07, 6.45) is 9.82. The molecule has 0 unspecified atom stereocenters. The second kappa shape index (κ2) is 8.95. The lowest BCUT2D eigenvalue weighted by Crippen LogP contribution is -2.23. The highest BCUT2D eigenvalue weighted by Crippen LogP contribution is 2.37. The maximum Gasteiger partial charge on any atom is 0.199 e. The molecule has 1 aliphatic rings. The molecule has 0 aromatic heterocycles. The van der Waals surface area contributed by atoms with Crippen LogP contribution in [0.5, 0.6) is 0 Å². The fourth-order valence-corrected chi connectivity index (χ4v) is 4.57. The summed E-state index contributed by atoms with van der Waals surface area (Å²) in [4.78, 5) is 12.5. The fourth-order valence-electron chi connectivity index (χ4n) is 3.54. The molecule has 25 heavy (non-hydrogen) atoms. The third-order valence-corrected chi connectivity index (χ3v) is 6.27. The first-order valence-corrected chi connectivity index (χ1v) is 10.3. The zero-order valence-electron chi connectivity index (χ0n) is 14.7. The van der Waals surface area contributed by atoms with Crippen molar-refractivity contribution in [2.75, 3.05) is 0 Å². The highest BCUT2D eigenvalue weighted by molar-refractivity contribution is 7.94. The summed E-state index contributed by atoms with van der Waals surface area (Å²) in [5.41, 5.74) is 1.26. The van der Waals surface area contributed by atoms with Crippen molar-refractivity contribution < 1.29 is 13.2 Å². The van der Waals surface area contributed by atoms with Crippen LogP contribution in [-0.2, 0) is 14.6 Å². The fraction of sp³-hybridized carbons (Fsp3) is 0.381. The van der Waals surface area contributed by atoms with E-state index >= 15 is 0 Å². The first-order chi connectivity index (χ1) is 11.9. The van der Waals surface area contributed by atoms with Crippen LogP contribution in [0, 0.1) is 11.8 Å². The Bertz CT molecular complexity index is 758. The number of benzene rings is 1. The summed E-state index contributed by atoms with van der Waals surface area (Å²) in [5.74, 6) is 0.541. The normalized spacial score (nSPS) is 22.0. The van der Waals surface area contributed by atoms with E-state index in [4.69, 9.17) is 0 Å². The highest BCUT2D eigenvalue weighted by Gasteiger charge is 2.27. The molecule has 0 N–H and O–H groups in total. The SMILES string of the molecule is C=C/C=C(/C)[C@H]1CCCC[C@@H]1CC(=O)/C=C/S(=O)(=O)c1ccccc1. The van der Waals surface area contributed by atoms with E-state index in [1.165, 1.54) is 30.2 Å². The molecule has 2 atom stereocenters. The van der Waals surface area contributed by atoms with Crippen molar-refractivity contribution >= 4 is 15.6 Å². The van der Waals surface area contributed by atoms with Crippen LogP contribution in [0.3, 0.4) is 0 Å². The average Bonchev–Trinajstić information content (AvgIpc) is 2.61. The molecule has 0 heterocycles. The molecule has 0 bridgehead atoms. The lowest BCUT2D eigenvalue weighted by molar-refractivity contribution is -0.116. The van der Waals surface area contributed by atoms with Crippen molar-refractivity contribution in [1.82, 2.24) is 0 Å². The van der Waals surface area contributed by atoms with Gasteiger partial charge in [0.15, 0.2) is 15.6 Å². The molecule has 1 fully saturated rings. The summed E-state index contributed by atoms with van der Waals surface area (Å²) < 4.78 is 24.5. The van der Waals surface area contributed by atoms with Gasteiger partial charge in [-0.05, 0) is 49.8 Å². The Kier molecular flexibility index (Phi) is 6.94. The van der Waals surface area contributed by atoms with Crippen molar-refractivity contribution in [2.45, 2.75) is 43.9 Å². The minimum Gasteiger partial charge on any atom is -0.295 e. The number of carbonyl (C=O) groups excluding carboxylic acids is 1. The quantitative estimate of drug-likeness (QED) is 0.516. The third kappa shape index (κ3) is 5.53. The van der Waals surface area contributed by atoms with Gasteiger partial charge < -0.3 is 0 Å². The minimum atomic E-state index is -3.56. The summed E-state index contributed by atoms with van der Waals surface area (Å²) in [6, 6.07) is 8.17. The Labute approximate surface area is 151 Å². The van der Waals surface area contributed by atoms with E-state index in [9.17, 15) is 13.2 Å². The molecule has 1 aliphatic carbocycles. The molecular formula is C21H26O3S. The van der Waals surface area contributed by atoms with Crippen LogP contribution in [0.2, 0.25) is 0 Å². The largest absolute Gasteiger partial charge is 0.295 e. The molecule has 1 aromatic rings. The van der Waals surface area contributed by atoms with E-state index in [-0.39, 0.29) is 16.6 Å². The molecule has 0 aliphatic heterocycles. The Hall–Kier alpha value is -1.94. The smallest absolute Gasteiger partial charge is 0.199 e. The Balaban J connectivity index is 2.05. The maximum atomic E-state index is 12.3. The van der Waals surface area contributed by atoms with Gasteiger partial charge in [0.05, 0.1) is 4.90 Å². The van der Waals surface area contributed by atoms with E-state index in [1.54, 1.807) is 24.3 Å². The minimum absolute atomic E-state index is 0.122. The standard InChI is InChI=1S/C21H26O3S/c1-3-9-17(2)21-13-8-7-10-18(21)16-19(22)14-15-25(23,24)20-11-5-4-6-12-20/h3-6,9,11-12,14-15,18,21H,1,7-8,10,13,16H2,2H3/b15-14+,17-9-/t18-,21-/m1/s1. The number of hydrogen-bond acceptors (Lipinski definition) is 3. The Morgan fingerprint density at radius 1 is 1.20 bits per heavy atom. The molecule has 0 saturated heterocycles. The number of rotatable bonds is 7. The van der Waals surface area contributed by atoms with Gasteiger partial charge in [0.1, 0.15) is 0 Å². The monoisotopic (exact) mass is 358 g/mol. The molecule has 0 amide bonds. The lowest BCUT2D eigenvalue weighted by Gasteiger charge is -2.31. The predicted molar refractivity (Wildman–Crippen MR) is 102 cm³/mol. The van der Waals surface area contributed by atoms with Crippen molar-refractivity contribution in [2.24, 2.45) is 11.8 Å². The second-order valence-electron chi connectivity index (χ2n) is 6.63. The molecule has 0 spiro atoms. The maximum absolute atomic E-state index is 12.3. The van der Waals surface area contributed by atoms with Gasteiger partial charge in [-0.3, -0.25) is 4.79 Å². The van der Waals surface area contributed by atoms with E-state index in [0.29, 0.717) is 12.3 Å². The van der Waals surface area contributed by atoms with Crippen LogP contribution in [0.1, 0.15) is 39.0 Å². The van der Waals surface area contributed by atoms with E-state index in [1.807, 2.05) is 6.08 Å². The number of sulfone groups is 1. The number of carbonyl (C=O) groups is 1. The zero-order valence-corrected chi connectivity index (χ0v) is 15.5. The summed E-state index contributed by atoms with van der Waals surface area (Å²) >= 11 is 0.